The van der Waals surface area contributed by atoms with Crippen molar-refractivity contribution in [3.05, 3.63) is 101 Å². The van der Waals surface area contributed by atoms with E-state index in [1.807, 2.05) is 37.3 Å². The number of nitrogens with zero attached hydrogens (tertiary/aromatic N) is 2. The highest BCUT2D eigenvalue weighted by molar-refractivity contribution is 7.91. The van der Waals surface area contributed by atoms with E-state index in [0.29, 0.717) is 21.9 Å². The monoisotopic (exact) mass is 396 g/mol. The van der Waals surface area contributed by atoms with Gasteiger partial charge in [0, 0.05) is 6.20 Å². The third kappa shape index (κ3) is 3.24. The predicted molar refractivity (Wildman–Crippen MR) is 107 cm³/mol. The number of rotatable bonds is 4. The summed E-state index contributed by atoms with van der Waals surface area (Å²) in [6, 6.07) is 19.6. The Hall–Kier alpha value is -2.63. The van der Waals surface area contributed by atoms with Crippen molar-refractivity contribution < 1.29 is 8.42 Å². The highest BCUT2D eigenvalue weighted by atomic mass is 35.5. The molecule has 0 bridgehead atoms. The Bertz CT molecular complexity index is 1200. The van der Waals surface area contributed by atoms with Gasteiger partial charge < -0.3 is 4.40 Å². The van der Waals surface area contributed by atoms with E-state index in [1.165, 1.54) is 0 Å². The summed E-state index contributed by atoms with van der Waals surface area (Å²) in [7, 11) is -3.70. The second kappa shape index (κ2) is 6.83. The molecule has 2 aromatic carbocycles. The maximum absolute atomic E-state index is 13.6. The molecule has 0 saturated carbocycles. The lowest BCUT2D eigenvalue weighted by Gasteiger charge is -2.18. The lowest BCUT2D eigenvalue weighted by molar-refractivity contribution is 0.587. The van der Waals surface area contributed by atoms with E-state index < -0.39 is 15.1 Å². The summed E-state index contributed by atoms with van der Waals surface area (Å²) in [5.74, 6) is 0. The van der Waals surface area contributed by atoms with Gasteiger partial charge in [-0.3, -0.25) is 0 Å². The van der Waals surface area contributed by atoms with Gasteiger partial charge in [0.15, 0.2) is 9.84 Å². The first-order valence-corrected chi connectivity index (χ1v) is 10.4. The van der Waals surface area contributed by atoms with Crippen LogP contribution in [0.15, 0.2) is 84.0 Å². The van der Waals surface area contributed by atoms with Gasteiger partial charge in [-0.25, -0.2) is 13.4 Å². The summed E-state index contributed by atoms with van der Waals surface area (Å²) < 4.78 is 28.9. The maximum atomic E-state index is 13.6. The van der Waals surface area contributed by atoms with Gasteiger partial charge in [-0.15, -0.1) is 0 Å². The average molecular weight is 397 g/mol. The molecular formula is C21H17ClN2O2S. The molecule has 0 aliphatic rings. The van der Waals surface area contributed by atoms with Crippen molar-refractivity contribution in [2.75, 3.05) is 0 Å². The summed E-state index contributed by atoms with van der Waals surface area (Å²) in [5, 5.41) is -0.379. The van der Waals surface area contributed by atoms with Crippen molar-refractivity contribution in [2.45, 2.75) is 17.1 Å². The van der Waals surface area contributed by atoms with Gasteiger partial charge in [0.2, 0.25) is 0 Å². The Kier molecular flexibility index (Phi) is 4.50. The first kappa shape index (κ1) is 17.8. The van der Waals surface area contributed by atoms with Crippen LogP contribution in [0.2, 0.25) is 5.02 Å². The van der Waals surface area contributed by atoms with Crippen molar-refractivity contribution in [1.82, 2.24) is 9.38 Å². The molecule has 4 nitrogen and oxygen atoms in total. The van der Waals surface area contributed by atoms with Gasteiger partial charge in [-0.2, -0.15) is 0 Å². The predicted octanol–water partition coefficient (Wildman–Crippen LogP) is 4.86. The number of benzene rings is 2. The highest BCUT2D eigenvalue weighted by Crippen LogP contribution is 2.35. The lowest BCUT2D eigenvalue weighted by atomic mass is 10.1. The van der Waals surface area contributed by atoms with E-state index in [-0.39, 0.29) is 4.90 Å². The van der Waals surface area contributed by atoms with Gasteiger partial charge in [-0.05, 0) is 36.8 Å². The normalized spacial score (nSPS) is 13.0. The average Bonchev–Trinajstić information content (AvgIpc) is 3.06. The van der Waals surface area contributed by atoms with Crippen molar-refractivity contribution in [1.29, 1.82) is 0 Å². The minimum atomic E-state index is -3.70. The van der Waals surface area contributed by atoms with Crippen LogP contribution in [0.3, 0.4) is 0 Å². The minimum absolute atomic E-state index is 0.277. The van der Waals surface area contributed by atoms with E-state index in [2.05, 4.69) is 4.98 Å². The zero-order valence-corrected chi connectivity index (χ0v) is 16.2. The summed E-state index contributed by atoms with van der Waals surface area (Å²) in [6.45, 7) is 1.93. The molecule has 2 heterocycles. The van der Waals surface area contributed by atoms with E-state index in [1.54, 1.807) is 53.2 Å². The third-order valence-corrected chi connectivity index (χ3v) is 6.82. The Balaban J connectivity index is 1.98. The molecule has 0 aliphatic carbocycles. The molecule has 4 rings (SSSR count). The summed E-state index contributed by atoms with van der Waals surface area (Å²) in [4.78, 5) is 4.64. The molecule has 0 saturated heterocycles. The number of fused-ring (bicyclic) bond motifs is 1. The van der Waals surface area contributed by atoms with Crippen LogP contribution in [0.4, 0.5) is 0 Å². The van der Waals surface area contributed by atoms with Crippen LogP contribution in [-0.2, 0) is 9.84 Å². The minimum Gasteiger partial charge on any atom is -0.301 e. The van der Waals surface area contributed by atoms with Gasteiger partial charge >= 0.3 is 0 Å². The SMILES string of the molecule is Cc1ccc(S(=O)(=O)C(c2ccccc2)c2cnc3ccc(Cl)cn23)cc1. The van der Waals surface area contributed by atoms with Gasteiger partial charge in [0.25, 0.3) is 0 Å². The Labute approximate surface area is 163 Å². The van der Waals surface area contributed by atoms with Crippen molar-refractivity contribution in [2.24, 2.45) is 0 Å². The molecule has 0 radical (unpaired) electrons. The number of hydrogen-bond donors (Lipinski definition) is 0. The van der Waals surface area contributed by atoms with Gasteiger partial charge in [0.1, 0.15) is 10.9 Å². The van der Waals surface area contributed by atoms with Crippen LogP contribution in [0.5, 0.6) is 0 Å². The number of aryl methyl sites for hydroxylation is 1. The van der Waals surface area contributed by atoms with Crippen molar-refractivity contribution >= 4 is 27.1 Å². The van der Waals surface area contributed by atoms with E-state index in [4.69, 9.17) is 11.6 Å². The fourth-order valence-electron chi connectivity index (χ4n) is 3.17. The zero-order valence-electron chi connectivity index (χ0n) is 14.6. The van der Waals surface area contributed by atoms with Crippen LogP contribution in [0.1, 0.15) is 22.1 Å². The number of imidazole rings is 1. The molecule has 0 amide bonds. The molecule has 1 unspecified atom stereocenters. The molecule has 6 heteroatoms. The number of pyridine rings is 1. The first-order chi connectivity index (χ1) is 13.0. The van der Waals surface area contributed by atoms with E-state index in [0.717, 1.165) is 5.56 Å². The van der Waals surface area contributed by atoms with Crippen molar-refractivity contribution in [3.63, 3.8) is 0 Å². The summed E-state index contributed by atoms with van der Waals surface area (Å²) in [6.07, 6.45) is 3.30. The zero-order chi connectivity index (χ0) is 19.0. The fraction of sp³-hybridized carbons (Fsp3) is 0.0952. The smallest absolute Gasteiger partial charge is 0.191 e. The van der Waals surface area contributed by atoms with Crippen LogP contribution in [0, 0.1) is 6.92 Å². The molecule has 2 aromatic heterocycles. The molecule has 0 aliphatic heterocycles. The summed E-state index contributed by atoms with van der Waals surface area (Å²) in [5.41, 5.74) is 2.89. The number of aromatic nitrogens is 2. The Morgan fingerprint density at radius 2 is 1.67 bits per heavy atom. The van der Waals surface area contributed by atoms with Crippen LogP contribution < -0.4 is 0 Å². The molecule has 0 fully saturated rings. The van der Waals surface area contributed by atoms with Gasteiger partial charge in [0.05, 0.1) is 21.8 Å². The first-order valence-electron chi connectivity index (χ1n) is 8.45. The molecule has 0 N–H and O–H groups in total. The molecular weight excluding hydrogens is 380 g/mol. The van der Waals surface area contributed by atoms with Crippen molar-refractivity contribution in [3.8, 4) is 0 Å². The number of sulfone groups is 1. The fourth-order valence-corrected chi connectivity index (χ4v) is 5.12. The largest absolute Gasteiger partial charge is 0.301 e. The molecule has 27 heavy (non-hydrogen) atoms. The van der Waals surface area contributed by atoms with Gasteiger partial charge in [-0.1, -0.05) is 59.6 Å². The summed E-state index contributed by atoms with van der Waals surface area (Å²) >= 11 is 6.15. The van der Waals surface area contributed by atoms with E-state index >= 15 is 0 Å². The van der Waals surface area contributed by atoms with Crippen LogP contribution in [0.25, 0.3) is 5.65 Å². The topological polar surface area (TPSA) is 51.4 Å². The Morgan fingerprint density at radius 1 is 0.963 bits per heavy atom. The number of hydrogen-bond acceptors (Lipinski definition) is 3. The van der Waals surface area contributed by atoms with E-state index in [9.17, 15) is 8.42 Å². The standard InChI is InChI=1S/C21H17ClN2O2S/c1-15-7-10-18(11-8-15)27(25,26)21(16-5-3-2-4-6-16)19-13-23-20-12-9-17(22)14-24(19)20/h2-14,21H,1H3. The second-order valence-corrected chi connectivity index (χ2v) is 8.88. The second-order valence-electron chi connectivity index (χ2n) is 6.41. The number of halogens is 1. The molecule has 0 spiro atoms. The van der Waals surface area contributed by atoms with Crippen LogP contribution >= 0.6 is 11.6 Å². The lowest BCUT2D eigenvalue weighted by Crippen LogP contribution is -2.17. The Morgan fingerprint density at radius 3 is 2.37 bits per heavy atom. The molecule has 4 aromatic rings. The molecule has 1 atom stereocenters. The van der Waals surface area contributed by atoms with Crippen LogP contribution in [-0.4, -0.2) is 17.8 Å². The molecule has 136 valence electrons. The highest BCUT2D eigenvalue weighted by Gasteiger charge is 2.33. The quantitative estimate of drug-likeness (QED) is 0.495. The third-order valence-electron chi connectivity index (χ3n) is 4.53. The maximum Gasteiger partial charge on any atom is 0.191 e.